The highest BCUT2D eigenvalue weighted by Crippen LogP contribution is 2.35. The average molecular weight is 247 g/mol. The summed E-state index contributed by atoms with van der Waals surface area (Å²) in [6.45, 7) is 6.52. The van der Waals surface area contributed by atoms with Crippen LogP contribution in [-0.4, -0.2) is 29.5 Å². The molecule has 1 aromatic heterocycles. The van der Waals surface area contributed by atoms with E-state index in [1.54, 1.807) is 0 Å². The van der Waals surface area contributed by atoms with Gasteiger partial charge in [-0.3, -0.25) is 4.90 Å². The van der Waals surface area contributed by atoms with Gasteiger partial charge in [-0.15, -0.1) is 0 Å². The van der Waals surface area contributed by atoms with Gasteiger partial charge in [0, 0.05) is 25.3 Å². The minimum atomic E-state index is 0.699. The third kappa shape index (κ3) is 3.70. The number of nitrogens with one attached hydrogen (secondary N) is 1. The Labute approximate surface area is 111 Å². The maximum atomic E-state index is 4.35. The number of hydrogen-bond acceptors (Lipinski definition) is 3. The summed E-state index contributed by atoms with van der Waals surface area (Å²) in [6, 6.07) is 4.99. The van der Waals surface area contributed by atoms with Gasteiger partial charge in [0.2, 0.25) is 0 Å². The molecule has 0 bridgehead atoms. The third-order valence-corrected chi connectivity index (χ3v) is 3.81. The highest BCUT2D eigenvalue weighted by Gasteiger charge is 2.30. The van der Waals surface area contributed by atoms with Crippen LogP contribution in [0.3, 0.4) is 0 Å². The number of pyridine rings is 1. The number of anilines is 1. The zero-order chi connectivity index (χ0) is 13.0. The molecule has 1 aliphatic rings. The first-order chi connectivity index (χ1) is 8.70. The quantitative estimate of drug-likeness (QED) is 0.802. The molecule has 3 nitrogen and oxygen atoms in total. The molecule has 100 valence electrons. The normalized spacial score (nSPS) is 16.9. The number of hydrogen-bond donors (Lipinski definition) is 1. The van der Waals surface area contributed by atoms with Crippen molar-refractivity contribution in [2.45, 2.75) is 45.7 Å². The fourth-order valence-electron chi connectivity index (χ4n) is 2.29. The Morgan fingerprint density at radius 2 is 2.28 bits per heavy atom. The van der Waals surface area contributed by atoms with Crippen molar-refractivity contribution in [1.29, 1.82) is 0 Å². The summed E-state index contributed by atoms with van der Waals surface area (Å²) >= 11 is 0. The Hall–Kier alpha value is -1.09. The zero-order valence-corrected chi connectivity index (χ0v) is 11.8. The lowest BCUT2D eigenvalue weighted by atomic mass is 10.1. The Morgan fingerprint density at radius 1 is 1.50 bits per heavy atom. The minimum Gasteiger partial charge on any atom is -0.370 e. The van der Waals surface area contributed by atoms with Gasteiger partial charge in [-0.2, -0.15) is 0 Å². The van der Waals surface area contributed by atoms with Crippen LogP contribution in [0.2, 0.25) is 0 Å². The van der Waals surface area contributed by atoms with E-state index in [2.05, 4.69) is 48.2 Å². The fourth-order valence-corrected chi connectivity index (χ4v) is 2.29. The van der Waals surface area contributed by atoms with Crippen molar-refractivity contribution in [2.24, 2.45) is 5.92 Å². The molecule has 2 rings (SSSR count). The summed E-state index contributed by atoms with van der Waals surface area (Å²) in [5.41, 5.74) is 1.35. The largest absolute Gasteiger partial charge is 0.370 e. The number of aromatic nitrogens is 1. The van der Waals surface area contributed by atoms with Crippen LogP contribution in [0.5, 0.6) is 0 Å². The topological polar surface area (TPSA) is 28.2 Å². The Kier molecular flexibility index (Phi) is 4.59. The number of rotatable bonds is 7. The molecule has 0 radical (unpaired) electrons. The van der Waals surface area contributed by atoms with Crippen molar-refractivity contribution in [1.82, 2.24) is 9.88 Å². The van der Waals surface area contributed by atoms with Gasteiger partial charge in [-0.25, -0.2) is 4.98 Å². The van der Waals surface area contributed by atoms with Crippen LogP contribution < -0.4 is 5.32 Å². The van der Waals surface area contributed by atoms with Crippen LogP contribution in [-0.2, 0) is 6.54 Å². The van der Waals surface area contributed by atoms with Crippen LogP contribution >= 0.6 is 0 Å². The second-order valence-electron chi connectivity index (χ2n) is 5.47. The lowest BCUT2D eigenvalue weighted by Crippen LogP contribution is -2.30. The van der Waals surface area contributed by atoms with E-state index >= 15 is 0 Å². The molecule has 18 heavy (non-hydrogen) atoms. The third-order valence-electron chi connectivity index (χ3n) is 3.81. The molecule has 0 spiro atoms. The van der Waals surface area contributed by atoms with Crippen LogP contribution in [0.4, 0.5) is 5.82 Å². The van der Waals surface area contributed by atoms with Gasteiger partial charge in [0.25, 0.3) is 0 Å². The Balaban J connectivity index is 1.91. The molecular weight excluding hydrogens is 222 g/mol. The molecule has 1 N–H and O–H groups in total. The summed E-state index contributed by atoms with van der Waals surface area (Å²) in [4.78, 5) is 6.80. The summed E-state index contributed by atoms with van der Waals surface area (Å²) < 4.78 is 0. The predicted molar refractivity (Wildman–Crippen MR) is 76.7 cm³/mol. The highest BCUT2D eigenvalue weighted by atomic mass is 15.1. The van der Waals surface area contributed by atoms with E-state index < -0.39 is 0 Å². The first-order valence-electron chi connectivity index (χ1n) is 7.09. The minimum absolute atomic E-state index is 0.699. The molecule has 3 heteroatoms. The van der Waals surface area contributed by atoms with Crippen LogP contribution in [0.25, 0.3) is 0 Å². The van der Waals surface area contributed by atoms with Crippen LogP contribution in [0, 0.1) is 5.92 Å². The standard InChI is InChI=1S/C15H25N3/c1-4-8-16-15-10-13(7-9-17-15)11-18(3)12(2)14-5-6-14/h7,9-10,12,14H,4-6,8,11H2,1-3H3,(H,16,17). The molecule has 0 saturated heterocycles. The van der Waals surface area contributed by atoms with E-state index in [9.17, 15) is 0 Å². The van der Waals surface area contributed by atoms with E-state index in [1.807, 2.05) is 6.20 Å². The second-order valence-corrected chi connectivity index (χ2v) is 5.47. The van der Waals surface area contributed by atoms with Crippen molar-refractivity contribution < 1.29 is 0 Å². The molecule has 1 aliphatic carbocycles. The molecular formula is C15H25N3. The van der Waals surface area contributed by atoms with Crippen molar-refractivity contribution in [2.75, 3.05) is 18.9 Å². The predicted octanol–water partition coefficient (Wildman–Crippen LogP) is 3.13. The molecule has 0 aromatic carbocycles. The molecule has 1 fully saturated rings. The van der Waals surface area contributed by atoms with Gasteiger partial charge < -0.3 is 5.32 Å². The lowest BCUT2D eigenvalue weighted by molar-refractivity contribution is 0.226. The number of nitrogens with zero attached hydrogens (tertiary/aromatic N) is 2. The maximum absolute atomic E-state index is 4.35. The van der Waals surface area contributed by atoms with Gasteiger partial charge >= 0.3 is 0 Å². The van der Waals surface area contributed by atoms with Gasteiger partial charge in [-0.1, -0.05) is 6.92 Å². The first kappa shape index (κ1) is 13.3. The molecule has 1 saturated carbocycles. The molecule has 1 aromatic rings. The van der Waals surface area contributed by atoms with Crippen molar-refractivity contribution in [3.63, 3.8) is 0 Å². The van der Waals surface area contributed by atoms with Crippen LogP contribution in [0.1, 0.15) is 38.7 Å². The van der Waals surface area contributed by atoms with Gasteiger partial charge in [0.15, 0.2) is 0 Å². The van der Waals surface area contributed by atoms with E-state index in [1.165, 1.54) is 18.4 Å². The van der Waals surface area contributed by atoms with Gasteiger partial charge in [0.1, 0.15) is 5.82 Å². The monoisotopic (exact) mass is 247 g/mol. The fraction of sp³-hybridized carbons (Fsp3) is 0.667. The van der Waals surface area contributed by atoms with E-state index in [-0.39, 0.29) is 0 Å². The highest BCUT2D eigenvalue weighted by molar-refractivity contribution is 5.37. The van der Waals surface area contributed by atoms with Crippen molar-refractivity contribution in [3.8, 4) is 0 Å². The molecule has 0 amide bonds. The lowest BCUT2D eigenvalue weighted by Gasteiger charge is -2.24. The van der Waals surface area contributed by atoms with Crippen LogP contribution in [0.15, 0.2) is 18.3 Å². The second kappa shape index (κ2) is 6.19. The van der Waals surface area contributed by atoms with Crippen molar-refractivity contribution >= 4 is 5.82 Å². The maximum Gasteiger partial charge on any atom is 0.126 e. The summed E-state index contributed by atoms with van der Waals surface area (Å²) in [5, 5.41) is 3.34. The average Bonchev–Trinajstić information content (AvgIpc) is 3.20. The Morgan fingerprint density at radius 3 is 2.94 bits per heavy atom. The summed E-state index contributed by atoms with van der Waals surface area (Å²) in [5.74, 6) is 1.93. The molecule has 1 heterocycles. The Bertz CT molecular complexity index is 374. The molecule has 0 aliphatic heterocycles. The smallest absolute Gasteiger partial charge is 0.126 e. The first-order valence-corrected chi connectivity index (χ1v) is 7.09. The summed E-state index contributed by atoms with van der Waals surface area (Å²) in [7, 11) is 2.22. The molecule has 1 unspecified atom stereocenters. The van der Waals surface area contributed by atoms with Gasteiger partial charge in [0.05, 0.1) is 0 Å². The molecule has 1 atom stereocenters. The van der Waals surface area contributed by atoms with E-state index in [4.69, 9.17) is 0 Å². The van der Waals surface area contributed by atoms with Gasteiger partial charge in [-0.05, 0) is 56.8 Å². The van der Waals surface area contributed by atoms with Crippen molar-refractivity contribution in [3.05, 3.63) is 23.9 Å². The zero-order valence-electron chi connectivity index (χ0n) is 11.8. The van der Waals surface area contributed by atoms with E-state index in [0.717, 1.165) is 31.2 Å². The van der Waals surface area contributed by atoms with E-state index in [0.29, 0.717) is 6.04 Å². The summed E-state index contributed by atoms with van der Waals surface area (Å²) in [6.07, 6.45) is 5.85. The SMILES string of the molecule is CCCNc1cc(CN(C)C(C)C2CC2)ccn1.